The molecule has 8 heteroatoms. The highest BCUT2D eigenvalue weighted by Gasteiger charge is 2.37. The van der Waals surface area contributed by atoms with Gasteiger partial charge in [0, 0.05) is 58.5 Å². The van der Waals surface area contributed by atoms with Gasteiger partial charge in [0.2, 0.25) is 10.0 Å². The molecule has 0 amide bonds. The second kappa shape index (κ2) is 10.5. The number of hydrogen-bond acceptors (Lipinski definition) is 6. The molecule has 1 aromatic carbocycles. The molecule has 3 aliphatic heterocycles. The fourth-order valence-electron chi connectivity index (χ4n) is 4.81. The van der Waals surface area contributed by atoms with E-state index in [0.717, 1.165) is 78.4 Å². The number of benzene rings is 1. The number of fused-ring (bicyclic) bond motifs is 1. The summed E-state index contributed by atoms with van der Waals surface area (Å²) in [7, 11) is -3.40. The zero-order chi connectivity index (χ0) is 20.8. The standard InChI is InChI=1S/C22H35N3O4S/c26-30(27,22-5-2-1-3-6-22)25-11-10-24-9-7-20(17-21(24)18-25)19-29-14-4-8-23-12-15-28-16-13-23/h1-3,5-6,20-21H,4,7-19H2. The number of piperazine rings is 1. The van der Waals surface area contributed by atoms with Crippen molar-refractivity contribution in [2.75, 3.05) is 72.2 Å². The van der Waals surface area contributed by atoms with E-state index >= 15 is 0 Å². The van der Waals surface area contributed by atoms with Crippen LogP contribution in [-0.4, -0.2) is 101 Å². The second-order valence-corrected chi connectivity index (χ2v) is 10.6. The topological polar surface area (TPSA) is 62.3 Å². The Kier molecular flexibility index (Phi) is 7.78. The van der Waals surface area contributed by atoms with Crippen LogP contribution in [0.25, 0.3) is 0 Å². The third-order valence-electron chi connectivity index (χ3n) is 6.60. The molecule has 30 heavy (non-hydrogen) atoms. The molecule has 3 saturated heterocycles. The predicted molar refractivity (Wildman–Crippen MR) is 116 cm³/mol. The van der Waals surface area contributed by atoms with Crippen LogP contribution < -0.4 is 0 Å². The van der Waals surface area contributed by atoms with E-state index < -0.39 is 10.0 Å². The highest BCUT2D eigenvalue weighted by atomic mass is 32.2. The van der Waals surface area contributed by atoms with E-state index in [1.165, 1.54) is 0 Å². The van der Waals surface area contributed by atoms with Crippen LogP contribution in [0.5, 0.6) is 0 Å². The Hall–Kier alpha value is -1.03. The zero-order valence-corrected chi connectivity index (χ0v) is 18.6. The molecule has 0 N–H and O–H groups in total. The van der Waals surface area contributed by atoms with Crippen molar-refractivity contribution < 1.29 is 17.9 Å². The molecule has 0 aliphatic carbocycles. The van der Waals surface area contributed by atoms with Crippen LogP contribution in [0.1, 0.15) is 19.3 Å². The van der Waals surface area contributed by atoms with Gasteiger partial charge in [-0.05, 0) is 43.9 Å². The van der Waals surface area contributed by atoms with Gasteiger partial charge in [-0.2, -0.15) is 4.31 Å². The first-order valence-electron chi connectivity index (χ1n) is 11.3. The van der Waals surface area contributed by atoms with Crippen molar-refractivity contribution in [3.05, 3.63) is 30.3 Å². The van der Waals surface area contributed by atoms with E-state index in [-0.39, 0.29) is 0 Å². The van der Waals surface area contributed by atoms with Crippen molar-refractivity contribution in [3.63, 3.8) is 0 Å². The lowest BCUT2D eigenvalue weighted by molar-refractivity contribution is 0.0120. The zero-order valence-electron chi connectivity index (χ0n) is 17.8. The van der Waals surface area contributed by atoms with Gasteiger partial charge in [-0.3, -0.25) is 9.80 Å². The van der Waals surface area contributed by atoms with Gasteiger partial charge in [0.05, 0.1) is 18.1 Å². The lowest BCUT2D eigenvalue weighted by Crippen LogP contribution is -2.57. The summed E-state index contributed by atoms with van der Waals surface area (Å²) in [4.78, 5) is 5.30. The summed E-state index contributed by atoms with van der Waals surface area (Å²) in [6, 6.07) is 9.11. The predicted octanol–water partition coefficient (Wildman–Crippen LogP) is 1.51. The van der Waals surface area contributed by atoms with Crippen LogP contribution in [0.3, 0.4) is 0 Å². The molecular weight excluding hydrogens is 402 g/mol. The molecule has 2 atom stereocenters. The first kappa shape index (κ1) is 22.2. The molecule has 168 valence electrons. The minimum atomic E-state index is -3.40. The van der Waals surface area contributed by atoms with E-state index in [1.807, 2.05) is 6.07 Å². The summed E-state index contributed by atoms with van der Waals surface area (Å²) in [5.41, 5.74) is 0. The van der Waals surface area contributed by atoms with Gasteiger partial charge >= 0.3 is 0 Å². The van der Waals surface area contributed by atoms with Crippen LogP contribution in [0.4, 0.5) is 0 Å². The maximum Gasteiger partial charge on any atom is 0.243 e. The lowest BCUT2D eigenvalue weighted by Gasteiger charge is -2.45. The van der Waals surface area contributed by atoms with Crippen molar-refractivity contribution in [3.8, 4) is 0 Å². The first-order valence-corrected chi connectivity index (χ1v) is 12.7. The van der Waals surface area contributed by atoms with E-state index in [0.29, 0.717) is 29.9 Å². The summed E-state index contributed by atoms with van der Waals surface area (Å²) in [5.74, 6) is 0.522. The van der Waals surface area contributed by atoms with Gasteiger partial charge in [-0.25, -0.2) is 8.42 Å². The maximum atomic E-state index is 13.0. The first-order chi connectivity index (χ1) is 14.6. The monoisotopic (exact) mass is 437 g/mol. The molecule has 7 nitrogen and oxygen atoms in total. The Balaban J connectivity index is 1.21. The molecule has 0 spiro atoms. The molecule has 4 rings (SSSR count). The van der Waals surface area contributed by atoms with E-state index in [9.17, 15) is 8.42 Å². The normalized spacial score (nSPS) is 27.1. The Morgan fingerprint density at radius 1 is 1.03 bits per heavy atom. The number of sulfonamides is 1. The molecule has 3 aliphatic rings. The van der Waals surface area contributed by atoms with Crippen LogP contribution >= 0.6 is 0 Å². The molecule has 1 aromatic rings. The Morgan fingerprint density at radius 2 is 1.83 bits per heavy atom. The molecule has 0 bridgehead atoms. The molecule has 0 aromatic heterocycles. The Labute approximate surface area is 181 Å². The largest absolute Gasteiger partial charge is 0.381 e. The van der Waals surface area contributed by atoms with Crippen molar-refractivity contribution in [2.45, 2.75) is 30.2 Å². The number of hydrogen-bond donors (Lipinski definition) is 0. The van der Waals surface area contributed by atoms with Crippen LogP contribution in [0.15, 0.2) is 35.2 Å². The highest BCUT2D eigenvalue weighted by molar-refractivity contribution is 7.89. The van der Waals surface area contributed by atoms with Gasteiger partial charge in [0.1, 0.15) is 0 Å². The average Bonchev–Trinajstić information content (AvgIpc) is 2.79. The van der Waals surface area contributed by atoms with E-state index in [2.05, 4.69) is 9.80 Å². The van der Waals surface area contributed by atoms with Crippen molar-refractivity contribution in [1.82, 2.24) is 14.1 Å². The van der Waals surface area contributed by atoms with Crippen molar-refractivity contribution >= 4 is 10.0 Å². The minimum Gasteiger partial charge on any atom is -0.381 e. The SMILES string of the molecule is O=S(=O)(c1ccccc1)N1CCN2CCC(COCCCN3CCOCC3)CC2C1. The van der Waals surface area contributed by atoms with Gasteiger partial charge in [-0.15, -0.1) is 0 Å². The fourth-order valence-corrected chi connectivity index (χ4v) is 6.30. The van der Waals surface area contributed by atoms with Gasteiger partial charge in [0.25, 0.3) is 0 Å². The van der Waals surface area contributed by atoms with Crippen LogP contribution in [0, 0.1) is 5.92 Å². The van der Waals surface area contributed by atoms with E-state index in [4.69, 9.17) is 9.47 Å². The average molecular weight is 438 g/mol. The summed E-state index contributed by atoms with van der Waals surface area (Å²) < 4.78 is 39.0. The number of nitrogens with zero attached hydrogens (tertiary/aromatic N) is 3. The third kappa shape index (κ3) is 5.60. The smallest absolute Gasteiger partial charge is 0.243 e. The lowest BCUT2D eigenvalue weighted by atomic mass is 9.90. The van der Waals surface area contributed by atoms with Crippen molar-refractivity contribution in [2.24, 2.45) is 5.92 Å². The maximum absolute atomic E-state index is 13.0. The van der Waals surface area contributed by atoms with Gasteiger partial charge in [0.15, 0.2) is 0 Å². The summed E-state index contributed by atoms with van der Waals surface area (Å²) in [5, 5.41) is 0. The quantitative estimate of drug-likeness (QED) is 0.575. The molecule has 2 unspecified atom stereocenters. The number of ether oxygens (including phenoxy) is 2. The second-order valence-electron chi connectivity index (χ2n) is 8.64. The van der Waals surface area contributed by atoms with E-state index in [1.54, 1.807) is 28.6 Å². The third-order valence-corrected chi connectivity index (χ3v) is 8.48. The molecule has 0 saturated carbocycles. The Morgan fingerprint density at radius 3 is 2.63 bits per heavy atom. The Bertz CT molecular complexity index is 755. The summed E-state index contributed by atoms with van der Waals surface area (Å²) >= 11 is 0. The number of piperidine rings is 1. The minimum absolute atomic E-state index is 0.299. The molecule has 3 heterocycles. The van der Waals surface area contributed by atoms with Gasteiger partial charge in [-0.1, -0.05) is 18.2 Å². The fraction of sp³-hybridized carbons (Fsp3) is 0.727. The van der Waals surface area contributed by atoms with Gasteiger partial charge < -0.3 is 9.47 Å². The van der Waals surface area contributed by atoms with Crippen LogP contribution in [-0.2, 0) is 19.5 Å². The number of morpholine rings is 1. The summed E-state index contributed by atoms with van der Waals surface area (Å²) in [6.45, 7) is 9.46. The molecule has 3 fully saturated rings. The molecular formula is C22H35N3O4S. The number of rotatable bonds is 8. The molecule has 0 radical (unpaired) electrons. The highest BCUT2D eigenvalue weighted by Crippen LogP contribution is 2.28. The summed E-state index contributed by atoms with van der Waals surface area (Å²) in [6.07, 6.45) is 3.22. The van der Waals surface area contributed by atoms with Crippen LogP contribution in [0.2, 0.25) is 0 Å². The van der Waals surface area contributed by atoms with Crippen molar-refractivity contribution in [1.29, 1.82) is 0 Å².